The lowest BCUT2D eigenvalue weighted by Gasteiger charge is -2.11. The summed E-state index contributed by atoms with van der Waals surface area (Å²) >= 11 is 6.91. The molecule has 3 rings (SSSR count). The number of anilines is 2. The molecule has 0 atom stereocenters. The van der Waals surface area contributed by atoms with Gasteiger partial charge in [-0.05, 0) is 46.3 Å². The molecule has 1 heterocycles. The van der Waals surface area contributed by atoms with E-state index in [1.54, 1.807) is 24.5 Å². The van der Waals surface area contributed by atoms with Crippen molar-refractivity contribution in [2.24, 2.45) is 5.10 Å². The van der Waals surface area contributed by atoms with E-state index in [2.05, 4.69) is 52.7 Å². The normalized spacial score (nSPS) is 10.7. The molecular weight excluding hydrogens is 460 g/mol. The van der Waals surface area contributed by atoms with Crippen LogP contribution in [-0.2, 0) is 0 Å². The van der Waals surface area contributed by atoms with Crippen LogP contribution in [0.2, 0.25) is 0 Å². The third kappa shape index (κ3) is 4.56. The fourth-order valence-corrected chi connectivity index (χ4v) is 2.95. The Morgan fingerprint density at radius 2 is 1.69 bits per heavy atom. The highest BCUT2D eigenvalue weighted by molar-refractivity contribution is 9.11. The van der Waals surface area contributed by atoms with Gasteiger partial charge in [0.1, 0.15) is 5.82 Å². The number of halogens is 2. The summed E-state index contributed by atoms with van der Waals surface area (Å²) in [6.07, 6.45) is 3.21. The Morgan fingerprint density at radius 1 is 0.962 bits per heavy atom. The minimum Gasteiger partial charge on any atom is -0.339 e. The van der Waals surface area contributed by atoms with Crippen molar-refractivity contribution in [3.8, 4) is 0 Å². The van der Waals surface area contributed by atoms with Crippen LogP contribution in [0.3, 0.4) is 0 Å². The standard InChI is InChI=1S/C19H14Br2N4O/c20-15-8-2-1-6-13(15)12-23-25-19(26)14-7-5-11-22-18(14)24-17-10-4-3-9-16(17)21/h1-12H,(H,22,24)(H,25,26)/b23-12+. The maximum Gasteiger partial charge on any atom is 0.275 e. The zero-order valence-electron chi connectivity index (χ0n) is 13.5. The number of aromatic nitrogens is 1. The third-order valence-corrected chi connectivity index (χ3v) is 4.87. The molecule has 0 saturated heterocycles. The lowest BCUT2D eigenvalue weighted by atomic mass is 10.2. The number of carbonyl (C=O) groups excluding carboxylic acids is 1. The van der Waals surface area contributed by atoms with Gasteiger partial charge in [-0.1, -0.05) is 46.3 Å². The Bertz CT molecular complexity index is 960. The minimum absolute atomic E-state index is 0.351. The van der Waals surface area contributed by atoms with Crippen LogP contribution in [0.25, 0.3) is 0 Å². The van der Waals surface area contributed by atoms with Crippen LogP contribution in [0.4, 0.5) is 11.5 Å². The monoisotopic (exact) mass is 472 g/mol. The third-order valence-electron chi connectivity index (χ3n) is 3.45. The van der Waals surface area contributed by atoms with Gasteiger partial charge < -0.3 is 5.32 Å². The molecule has 0 aliphatic heterocycles. The van der Waals surface area contributed by atoms with Crippen molar-refractivity contribution in [1.29, 1.82) is 0 Å². The van der Waals surface area contributed by atoms with E-state index < -0.39 is 0 Å². The number of nitrogens with zero attached hydrogens (tertiary/aromatic N) is 2. The summed E-state index contributed by atoms with van der Waals surface area (Å²) in [7, 11) is 0. The number of rotatable bonds is 5. The first-order chi connectivity index (χ1) is 12.6. The van der Waals surface area contributed by atoms with Crippen molar-refractivity contribution < 1.29 is 4.79 Å². The number of para-hydroxylation sites is 1. The van der Waals surface area contributed by atoms with Crippen LogP contribution in [-0.4, -0.2) is 17.1 Å². The topological polar surface area (TPSA) is 66.4 Å². The highest BCUT2D eigenvalue weighted by Crippen LogP contribution is 2.25. The van der Waals surface area contributed by atoms with Crippen LogP contribution < -0.4 is 10.7 Å². The highest BCUT2D eigenvalue weighted by atomic mass is 79.9. The van der Waals surface area contributed by atoms with Crippen LogP contribution in [0.15, 0.2) is 80.9 Å². The van der Waals surface area contributed by atoms with Gasteiger partial charge in [0, 0.05) is 20.7 Å². The molecule has 1 amide bonds. The first kappa shape index (κ1) is 18.3. The van der Waals surface area contributed by atoms with Crippen LogP contribution >= 0.6 is 31.9 Å². The fraction of sp³-hybridized carbons (Fsp3) is 0. The Hall–Kier alpha value is -2.51. The molecule has 0 fully saturated rings. The number of hydrazone groups is 1. The van der Waals surface area contributed by atoms with Gasteiger partial charge in [0.05, 0.1) is 17.5 Å². The Balaban J connectivity index is 1.76. The average molecular weight is 474 g/mol. The molecule has 0 aliphatic carbocycles. The van der Waals surface area contributed by atoms with Gasteiger partial charge >= 0.3 is 0 Å². The molecule has 5 nitrogen and oxygen atoms in total. The second-order valence-electron chi connectivity index (χ2n) is 5.23. The van der Waals surface area contributed by atoms with Crippen molar-refractivity contribution in [2.75, 3.05) is 5.32 Å². The Labute approximate surface area is 167 Å². The molecule has 0 bridgehead atoms. The molecule has 0 radical (unpaired) electrons. The molecule has 130 valence electrons. The molecule has 7 heteroatoms. The van der Waals surface area contributed by atoms with Gasteiger partial charge in [0.2, 0.25) is 0 Å². The van der Waals surface area contributed by atoms with Crippen molar-refractivity contribution in [3.63, 3.8) is 0 Å². The van der Waals surface area contributed by atoms with Crippen molar-refractivity contribution in [2.45, 2.75) is 0 Å². The summed E-state index contributed by atoms with van der Waals surface area (Å²) in [6, 6.07) is 18.6. The summed E-state index contributed by atoms with van der Waals surface area (Å²) in [5.41, 5.74) is 4.61. The van der Waals surface area contributed by atoms with Gasteiger partial charge in [-0.3, -0.25) is 4.79 Å². The summed E-state index contributed by atoms with van der Waals surface area (Å²) in [6.45, 7) is 0. The Morgan fingerprint density at radius 3 is 2.46 bits per heavy atom. The molecule has 0 aliphatic rings. The number of hydrogen-bond donors (Lipinski definition) is 2. The molecule has 2 N–H and O–H groups in total. The van der Waals surface area contributed by atoms with Crippen molar-refractivity contribution >= 4 is 55.5 Å². The lowest BCUT2D eigenvalue weighted by Crippen LogP contribution is -2.19. The van der Waals surface area contributed by atoms with Crippen molar-refractivity contribution in [1.82, 2.24) is 10.4 Å². The zero-order valence-corrected chi connectivity index (χ0v) is 16.7. The molecular formula is C19H14Br2N4O. The summed E-state index contributed by atoms with van der Waals surface area (Å²) < 4.78 is 1.78. The zero-order chi connectivity index (χ0) is 18.4. The average Bonchev–Trinajstić information content (AvgIpc) is 2.65. The summed E-state index contributed by atoms with van der Waals surface area (Å²) in [5, 5.41) is 7.19. The van der Waals surface area contributed by atoms with E-state index in [1.165, 1.54) is 0 Å². The van der Waals surface area contributed by atoms with Gasteiger partial charge in [0.15, 0.2) is 0 Å². The van der Waals surface area contributed by atoms with E-state index in [9.17, 15) is 4.79 Å². The number of benzene rings is 2. The molecule has 3 aromatic rings. The summed E-state index contributed by atoms with van der Waals surface area (Å²) in [4.78, 5) is 16.8. The molecule has 2 aromatic carbocycles. The second-order valence-corrected chi connectivity index (χ2v) is 6.93. The van der Waals surface area contributed by atoms with E-state index in [-0.39, 0.29) is 5.91 Å². The number of pyridine rings is 1. The molecule has 0 unspecified atom stereocenters. The maximum atomic E-state index is 12.5. The second kappa shape index (κ2) is 8.73. The molecule has 0 saturated carbocycles. The number of amides is 1. The van der Waals surface area contributed by atoms with Gasteiger partial charge in [-0.25, -0.2) is 10.4 Å². The molecule has 1 aromatic heterocycles. The van der Waals surface area contributed by atoms with Gasteiger partial charge in [-0.2, -0.15) is 5.10 Å². The van der Waals surface area contributed by atoms with Gasteiger partial charge in [0.25, 0.3) is 5.91 Å². The molecule has 0 spiro atoms. The van der Waals surface area contributed by atoms with Crippen LogP contribution in [0.5, 0.6) is 0 Å². The minimum atomic E-state index is -0.351. The fourth-order valence-electron chi connectivity index (χ4n) is 2.18. The van der Waals surface area contributed by atoms with Crippen LogP contribution in [0.1, 0.15) is 15.9 Å². The SMILES string of the molecule is O=C(N/N=C/c1ccccc1Br)c1cccnc1Nc1ccccc1Br. The van der Waals surface area contributed by atoms with Crippen molar-refractivity contribution in [3.05, 3.63) is 86.9 Å². The molecule has 26 heavy (non-hydrogen) atoms. The smallest absolute Gasteiger partial charge is 0.275 e. The predicted octanol–water partition coefficient (Wildman–Crippen LogP) is 5.11. The lowest BCUT2D eigenvalue weighted by molar-refractivity contribution is 0.0955. The first-order valence-electron chi connectivity index (χ1n) is 7.69. The largest absolute Gasteiger partial charge is 0.339 e. The van der Waals surface area contributed by atoms with E-state index in [4.69, 9.17) is 0 Å². The van der Waals surface area contributed by atoms with E-state index in [0.717, 1.165) is 20.2 Å². The maximum absolute atomic E-state index is 12.5. The van der Waals surface area contributed by atoms with Crippen LogP contribution in [0, 0.1) is 0 Å². The van der Waals surface area contributed by atoms with E-state index in [1.807, 2.05) is 48.5 Å². The number of carbonyl (C=O) groups is 1. The quantitative estimate of drug-likeness (QED) is 0.399. The van der Waals surface area contributed by atoms with E-state index in [0.29, 0.717) is 11.4 Å². The number of hydrogen-bond acceptors (Lipinski definition) is 4. The highest BCUT2D eigenvalue weighted by Gasteiger charge is 2.12. The summed E-state index contributed by atoms with van der Waals surface area (Å²) in [5.74, 6) is 0.101. The number of nitrogens with one attached hydrogen (secondary N) is 2. The Kier molecular flexibility index (Phi) is 6.14. The first-order valence-corrected chi connectivity index (χ1v) is 9.28. The van der Waals surface area contributed by atoms with E-state index >= 15 is 0 Å². The predicted molar refractivity (Wildman–Crippen MR) is 111 cm³/mol. The van der Waals surface area contributed by atoms with Gasteiger partial charge in [-0.15, -0.1) is 0 Å².